The van der Waals surface area contributed by atoms with Crippen LogP contribution in [0.4, 0.5) is 0 Å². The minimum atomic E-state index is -2.99. The molecule has 1 amide bonds. The van der Waals surface area contributed by atoms with E-state index in [1.807, 2.05) is 6.92 Å². The van der Waals surface area contributed by atoms with Crippen LogP contribution in [-0.4, -0.2) is 49.0 Å². The molecule has 0 radical (unpaired) electrons. The Morgan fingerprint density at radius 2 is 2.10 bits per heavy atom. The lowest BCUT2D eigenvalue weighted by atomic mass is 9.99. The molecule has 2 rings (SSSR count). The van der Waals surface area contributed by atoms with Crippen molar-refractivity contribution in [3.8, 4) is 0 Å². The van der Waals surface area contributed by atoms with Crippen molar-refractivity contribution < 1.29 is 13.2 Å². The number of hydrogen-bond acceptors (Lipinski definition) is 4. The van der Waals surface area contributed by atoms with Crippen LogP contribution in [0.3, 0.4) is 0 Å². The number of nitrogens with one attached hydrogen (secondary N) is 1. The van der Waals surface area contributed by atoms with Crippen molar-refractivity contribution in [1.29, 1.82) is 0 Å². The first-order valence-corrected chi connectivity index (χ1v) is 9.40. The van der Waals surface area contributed by atoms with E-state index in [0.29, 0.717) is 13.0 Å². The molecule has 2 fully saturated rings. The Balaban J connectivity index is 2.11. The minimum absolute atomic E-state index is 0.0164. The molecule has 2 heterocycles. The van der Waals surface area contributed by atoms with Gasteiger partial charge in [0.25, 0.3) is 0 Å². The van der Waals surface area contributed by atoms with Crippen molar-refractivity contribution in [2.75, 3.05) is 12.3 Å². The molecule has 20 heavy (non-hydrogen) atoms. The zero-order valence-electron chi connectivity index (χ0n) is 12.6. The van der Waals surface area contributed by atoms with Crippen LogP contribution in [0.25, 0.3) is 0 Å². The van der Waals surface area contributed by atoms with Crippen molar-refractivity contribution in [1.82, 2.24) is 10.2 Å². The lowest BCUT2D eigenvalue weighted by Crippen LogP contribution is -2.42. The van der Waals surface area contributed by atoms with Crippen LogP contribution in [0.1, 0.15) is 46.5 Å². The summed E-state index contributed by atoms with van der Waals surface area (Å²) in [5.41, 5.74) is 0. The van der Waals surface area contributed by atoms with Gasteiger partial charge in [0.15, 0.2) is 9.84 Å². The van der Waals surface area contributed by atoms with Crippen molar-refractivity contribution in [3.05, 3.63) is 0 Å². The van der Waals surface area contributed by atoms with Gasteiger partial charge in [0.05, 0.1) is 23.2 Å². The number of sulfone groups is 1. The fraction of sp³-hybridized carbons (Fsp3) is 0.929. The molecule has 4 atom stereocenters. The van der Waals surface area contributed by atoms with Crippen molar-refractivity contribution >= 4 is 15.7 Å². The number of hydrogen-bond donors (Lipinski definition) is 1. The van der Waals surface area contributed by atoms with Gasteiger partial charge in [0.1, 0.15) is 0 Å². The molecular formula is C14H26N2O3S. The summed E-state index contributed by atoms with van der Waals surface area (Å²) < 4.78 is 23.9. The lowest BCUT2D eigenvalue weighted by Gasteiger charge is -2.25. The highest BCUT2D eigenvalue weighted by atomic mass is 32.2. The minimum Gasteiger partial charge on any atom is -0.324 e. The van der Waals surface area contributed by atoms with Crippen LogP contribution in [0.5, 0.6) is 0 Å². The number of rotatable bonds is 5. The van der Waals surface area contributed by atoms with E-state index < -0.39 is 9.84 Å². The van der Waals surface area contributed by atoms with Gasteiger partial charge >= 0.3 is 0 Å². The van der Waals surface area contributed by atoms with Crippen molar-refractivity contribution in [2.45, 2.75) is 63.9 Å². The largest absolute Gasteiger partial charge is 0.324 e. The Hall–Kier alpha value is -0.620. The first-order valence-electron chi connectivity index (χ1n) is 7.68. The molecule has 2 aliphatic rings. The summed E-state index contributed by atoms with van der Waals surface area (Å²) in [7, 11) is -2.99. The predicted octanol–water partition coefficient (Wildman–Crippen LogP) is 1.15. The van der Waals surface area contributed by atoms with Gasteiger partial charge in [-0.15, -0.1) is 0 Å². The molecule has 0 aliphatic carbocycles. The van der Waals surface area contributed by atoms with Crippen LogP contribution in [-0.2, 0) is 14.6 Å². The maximum atomic E-state index is 12.5. The zero-order valence-corrected chi connectivity index (χ0v) is 13.4. The third kappa shape index (κ3) is 2.86. The van der Waals surface area contributed by atoms with Crippen LogP contribution >= 0.6 is 0 Å². The first kappa shape index (κ1) is 15.8. The third-order valence-corrected chi connectivity index (χ3v) is 7.02. The fourth-order valence-electron chi connectivity index (χ4n) is 3.18. The Bertz CT molecular complexity index is 463. The van der Waals surface area contributed by atoms with Gasteiger partial charge < -0.3 is 4.90 Å². The third-order valence-electron chi connectivity index (χ3n) is 4.76. The lowest BCUT2D eigenvalue weighted by molar-refractivity contribution is -0.130. The van der Waals surface area contributed by atoms with E-state index in [1.54, 1.807) is 4.90 Å². The molecule has 0 aromatic heterocycles. The summed E-state index contributed by atoms with van der Waals surface area (Å²) in [5.74, 6) is 0.633. The van der Waals surface area contributed by atoms with Crippen LogP contribution in [0.15, 0.2) is 0 Å². The molecule has 6 heteroatoms. The monoisotopic (exact) mass is 302 g/mol. The highest BCUT2D eigenvalue weighted by Crippen LogP contribution is 2.26. The van der Waals surface area contributed by atoms with Gasteiger partial charge in [-0.1, -0.05) is 27.2 Å². The number of nitrogens with zero attached hydrogens (tertiary/aromatic N) is 1. The second-order valence-corrected chi connectivity index (χ2v) is 8.48. The molecule has 0 aromatic carbocycles. The van der Waals surface area contributed by atoms with Crippen molar-refractivity contribution in [2.24, 2.45) is 5.92 Å². The number of carbonyl (C=O) groups excluding carboxylic acids is 1. The van der Waals surface area contributed by atoms with E-state index in [-0.39, 0.29) is 35.0 Å². The standard InChI is InChI=1S/C14H26N2O3S/c1-4-10(3)13-14(17)16(12(5-2)15-13)9-11-7-6-8-20(11,18)19/h10-13,15H,4-9H2,1-3H3. The Kier molecular flexibility index (Phi) is 4.74. The second kappa shape index (κ2) is 6.02. The Morgan fingerprint density at radius 1 is 1.40 bits per heavy atom. The molecule has 0 spiro atoms. The molecule has 2 saturated heterocycles. The topological polar surface area (TPSA) is 66.5 Å². The fourth-order valence-corrected chi connectivity index (χ4v) is 5.00. The van der Waals surface area contributed by atoms with Gasteiger partial charge in [-0.3, -0.25) is 10.1 Å². The highest BCUT2D eigenvalue weighted by Gasteiger charge is 2.43. The molecule has 116 valence electrons. The van der Waals surface area contributed by atoms with E-state index in [9.17, 15) is 13.2 Å². The van der Waals surface area contributed by atoms with E-state index >= 15 is 0 Å². The second-order valence-electron chi connectivity index (χ2n) is 6.08. The molecule has 4 unspecified atom stereocenters. The summed E-state index contributed by atoms with van der Waals surface area (Å²) in [5, 5.41) is 3.01. The molecule has 5 nitrogen and oxygen atoms in total. The Labute approximate surface area is 122 Å². The molecule has 2 aliphatic heterocycles. The predicted molar refractivity (Wildman–Crippen MR) is 79.0 cm³/mol. The maximum Gasteiger partial charge on any atom is 0.241 e. The molecule has 0 bridgehead atoms. The smallest absolute Gasteiger partial charge is 0.241 e. The average Bonchev–Trinajstić information content (AvgIpc) is 2.91. The maximum absolute atomic E-state index is 12.5. The van der Waals surface area contributed by atoms with Crippen LogP contribution < -0.4 is 5.32 Å². The van der Waals surface area contributed by atoms with E-state index in [4.69, 9.17) is 0 Å². The summed E-state index contributed by atoms with van der Waals surface area (Å²) in [6.07, 6.45) is 3.16. The molecular weight excluding hydrogens is 276 g/mol. The highest BCUT2D eigenvalue weighted by molar-refractivity contribution is 7.92. The van der Waals surface area contributed by atoms with Gasteiger partial charge in [-0.25, -0.2) is 8.42 Å². The summed E-state index contributed by atoms with van der Waals surface area (Å²) in [6, 6.07) is -0.158. The van der Waals surface area contributed by atoms with Gasteiger partial charge in [0, 0.05) is 6.54 Å². The molecule has 0 aromatic rings. The summed E-state index contributed by atoms with van der Waals surface area (Å²) >= 11 is 0. The van der Waals surface area contributed by atoms with E-state index in [1.165, 1.54) is 0 Å². The van der Waals surface area contributed by atoms with Gasteiger partial charge in [-0.2, -0.15) is 0 Å². The van der Waals surface area contributed by atoms with Gasteiger partial charge in [-0.05, 0) is 25.2 Å². The van der Waals surface area contributed by atoms with E-state index in [2.05, 4.69) is 19.2 Å². The summed E-state index contributed by atoms with van der Waals surface area (Å²) in [6.45, 7) is 6.53. The average molecular weight is 302 g/mol. The summed E-state index contributed by atoms with van der Waals surface area (Å²) in [4.78, 5) is 14.3. The SMILES string of the molecule is CCC(C)C1NC(CC)N(CC2CCCS2(=O)=O)C1=O. The van der Waals surface area contributed by atoms with E-state index in [0.717, 1.165) is 19.3 Å². The Morgan fingerprint density at radius 3 is 2.60 bits per heavy atom. The van der Waals surface area contributed by atoms with Crippen LogP contribution in [0, 0.1) is 5.92 Å². The molecule has 0 saturated carbocycles. The zero-order chi connectivity index (χ0) is 14.9. The first-order chi connectivity index (χ1) is 9.40. The normalized spacial score (nSPS) is 34.6. The quantitative estimate of drug-likeness (QED) is 0.827. The van der Waals surface area contributed by atoms with Crippen LogP contribution in [0.2, 0.25) is 0 Å². The number of amides is 1. The van der Waals surface area contributed by atoms with Gasteiger partial charge in [0.2, 0.25) is 5.91 Å². The number of carbonyl (C=O) groups is 1. The molecule has 1 N–H and O–H groups in total. The van der Waals surface area contributed by atoms with Crippen molar-refractivity contribution in [3.63, 3.8) is 0 Å².